The number of hydrazone groups is 1. The SMILES string of the molecule is CC(=O)Nc1cccc(/C(C)=N/Nc2ccc(C(=O)O)cc2)c1. The molecule has 1 amide bonds. The zero-order valence-electron chi connectivity index (χ0n) is 12.8. The highest BCUT2D eigenvalue weighted by molar-refractivity contribution is 6.00. The number of nitrogens with one attached hydrogen (secondary N) is 2. The summed E-state index contributed by atoms with van der Waals surface area (Å²) >= 11 is 0. The van der Waals surface area contributed by atoms with E-state index in [0.29, 0.717) is 11.4 Å². The van der Waals surface area contributed by atoms with Crippen molar-refractivity contribution in [2.24, 2.45) is 5.10 Å². The molecule has 0 saturated carbocycles. The van der Waals surface area contributed by atoms with E-state index in [1.165, 1.54) is 19.1 Å². The lowest BCUT2D eigenvalue weighted by molar-refractivity contribution is -0.114. The van der Waals surface area contributed by atoms with Crippen molar-refractivity contribution in [2.75, 3.05) is 10.7 Å². The quantitative estimate of drug-likeness (QED) is 0.584. The van der Waals surface area contributed by atoms with Gasteiger partial charge in [-0.2, -0.15) is 5.10 Å². The maximum Gasteiger partial charge on any atom is 0.335 e. The van der Waals surface area contributed by atoms with Crippen molar-refractivity contribution in [2.45, 2.75) is 13.8 Å². The van der Waals surface area contributed by atoms with E-state index in [4.69, 9.17) is 5.11 Å². The predicted molar refractivity (Wildman–Crippen MR) is 90.0 cm³/mol. The second-order valence-electron chi connectivity index (χ2n) is 4.95. The summed E-state index contributed by atoms with van der Waals surface area (Å²) in [5, 5.41) is 15.8. The number of amides is 1. The Kier molecular flexibility index (Phi) is 5.09. The molecule has 0 radical (unpaired) electrons. The van der Waals surface area contributed by atoms with Crippen LogP contribution in [0.5, 0.6) is 0 Å². The Morgan fingerprint density at radius 2 is 1.65 bits per heavy atom. The summed E-state index contributed by atoms with van der Waals surface area (Å²) in [7, 11) is 0. The van der Waals surface area contributed by atoms with Crippen LogP contribution in [0.3, 0.4) is 0 Å². The number of aromatic carboxylic acids is 1. The molecular formula is C17H17N3O3. The third-order valence-corrected chi connectivity index (χ3v) is 3.09. The molecule has 0 atom stereocenters. The Morgan fingerprint density at radius 1 is 0.957 bits per heavy atom. The molecule has 0 aliphatic rings. The van der Waals surface area contributed by atoms with Crippen LogP contribution in [0.1, 0.15) is 29.8 Å². The second-order valence-corrected chi connectivity index (χ2v) is 4.95. The lowest BCUT2D eigenvalue weighted by Crippen LogP contribution is -2.07. The van der Waals surface area contributed by atoms with Gasteiger partial charge in [0.25, 0.3) is 0 Å². The van der Waals surface area contributed by atoms with Gasteiger partial charge < -0.3 is 10.4 Å². The average molecular weight is 311 g/mol. The Bertz CT molecular complexity index is 752. The molecule has 0 heterocycles. The standard InChI is InChI=1S/C17H17N3O3/c1-11(14-4-3-5-16(10-14)18-12(2)21)19-20-15-8-6-13(7-9-15)17(22)23/h3-10,20H,1-2H3,(H,18,21)(H,22,23)/b19-11+. The lowest BCUT2D eigenvalue weighted by atomic mass is 10.1. The van der Waals surface area contributed by atoms with Gasteiger partial charge >= 0.3 is 5.97 Å². The summed E-state index contributed by atoms with van der Waals surface area (Å²) in [6.45, 7) is 3.29. The molecule has 0 saturated heterocycles. The molecule has 0 unspecified atom stereocenters. The number of rotatable bonds is 5. The van der Waals surface area contributed by atoms with Crippen LogP contribution in [-0.2, 0) is 4.79 Å². The van der Waals surface area contributed by atoms with Crippen molar-refractivity contribution < 1.29 is 14.7 Å². The molecule has 2 rings (SSSR count). The van der Waals surface area contributed by atoms with Gasteiger partial charge in [0.15, 0.2) is 0 Å². The molecule has 3 N–H and O–H groups in total. The van der Waals surface area contributed by atoms with Crippen molar-refractivity contribution in [3.8, 4) is 0 Å². The van der Waals surface area contributed by atoms with E-state index < -0.39 is 5.97 Å². The maximum atomic E-state index is 11.1. The zero-order chi connectivity index (χ0) is 16.8. The fraction of sp³-hybridized carbons (Fsp3) is 0.118. The molecule has 0 aliphatic heterocycles. The van der Waals surface area contributed by atoms with Gasteiger partial charge in [-0.15, -0.1) is 0 Å². The van der Waals surface area contributed by atoms with E-state index in [0.717, 1.165) is 11.3 Å². The van der Waals surface area contributed by atoms with Crippen molar-refractivity contribution in [1.82, 2.24) is 0 Å². The first-order valence-electron chi connectivity index (χ1n) is 6.97. The summed E-state index contributed by atoms with van der Waals surface area (Å²) in [4.78, 5) is 21.9. The van der Waals surface area contributed by atoms with Gasteiger partial charge in [-0.05, 0) is 48.9 Å². The van der Waals surface area contributed by atoms with Crippen LogP contribution in [0.4, 0.5) is 11.4 Å². The Hall–Kier alpha value is -3.15. The maximum absolute atomic E-state index is 11.1. The first kappa shape index (κ1) is 16.2. The van der Waals surface area contributed by atoms with Crippen molar-refractivity contribution in [3.63, 3.8) is 0 Å². The molecule has 23 heavy (non-hydrogen) atoms. The Morgan fingerprint density at radius 3 is 2.26 bits per heavy atom. The number of carboxylic acid groups (broad SMARTS) is 1. The van der Waals surface area contributed by atoms with Gasteiger partial charge in [-0.1, -0.05) is 12.1 Å². The van der Waals surface area contributed by atoms with Crippen molar-refractivity contribution in [1.29, 1.82) is 0 Å². The van der Waals surface area contributed by atoms with Gasteiger partial charge in [0, 0.05) is 12.6 Å². The number of hydrogen-bond donors (Lipinski definition) is 3. The minimum Gasteiger partial charge on any atom is -0.478 e. The number of anilines is 2. The summed E-state index contributed by atoms with van der Waals surface area (Å²) < 4.78 is 0. The van der Waals surface area contributed by atoms with E-state index in [1.807, 2.05) is 25.1 Å². The molecule has 2 aromatic carbocycles. The van der Waals surface area contributed by atoms with E-state index >= 15 is 0 Å². The molecular weight excluding hydrogens is 294 g/mol. The molecule has 118 valence electrons. The van der Waals surface area contributed by atoms with Crippen LogP contribution < -0.4 is 10.7 Å². The predicted octanol–water partition coefficient (Wildman–Crippen LogP) is 3.18. The molecule has 0 aliphatic carbocycles. The lowest BCUT2D eigenvalue weighted by Gasteiger charge is -2.07. The van der Waals surface area contributed by atoms with Crippen LogP contribution in [0.2, 0.25) is 0 Å². The third-order valence-electron chi connectivity index (χ3n) is 3.09. The zero-order valence-corrected chi connectivity index (χ0v) is 12.8. The highest BCUT2D eigenvalue weighted by Gasteiger charge is 2.03. The van der Waals surface area contributed by atoms with Crippen molar-refractivity contribution in [3.05, 3.63) is 59.7 Å². The Labute approximate surface area is 133 Å². The van der Waals surface area contributed by atoms with Crippen LogP contribution in [0.15, 0.2) is 53.6 Å². The van der Waals surface area contributed by atoms with Crippen molar-refractivity contribution >= 4 is 29.0 Å². The minimum atomic E-state index is -0.967. The van der Waals surface area contributed by atoms with Gasteiger partial charge in [-0.3, -0.25) is 10.2 Å². The average Bonchev–Trinajstić information content (AvgIpc) is 2.52. The van der Waals surface area contributed by atoms with Crippen LogP contribution in [0, 0.1) is 0 Å². The number of hydrogen-bond acceptors (Lipinski definition) is 4. The van der Waals surface area contributed by atoms with E-state index in [1.54, 1.807) is 18.2 Å². The molecule has 0 aromatic heterocycles. The number of benzene rings is 2. The molecule has 0 fully saturated rings. The summed E-state index contributed by atoms with van der Waals surface area (Å²) in [5.74, 6) is -1.10. The van der Waals surface area contributed by atoms with E-state index in [2.05, 4.69) is 15.8 Å². The number of nitrogens with zero attached hydrogens (tertiary/aromatic N) is 1. The van der Waals surface area contributed by atoms with Crippen LogP contribution in [-0.4, -0.2) is 22.7 Å². The molecule has 0 bridgehead atoms. The minimum absolute atomic E-state index is 0.131. The monoisotopic (exact) mass is 311 g/mol. The highest BCUT2D eigenvalue weighted by Crippen LogP contribution is 2.13. The van der Waals surface area contributed by atoms with Gasteiger partial charge in [0.05, 0.1) is 17.0 Å². The fourth-order valence-electron chi connectivity index (χ4n) is 1.93. The summed E-state index contributed by atoms with van der Waals surface area (Å²) in [6, 6.07) is 13.7. The summed E-state index contributed by atoms with van der Waals surface area (Å²) in [5.41, 5.74) is 6.09. The molecule has 6 heteroatoms. The first-order valence-corrected chi connectivity index (χ1v) is 6.97. The van der Waals surface area contributed by atoms with Gasteiger partial charge in [0.2, 0.25) is 5.91 Å². The molecule has 2 aromatic rings. The normalized spacial score (nSPS) is 11.0. The number of carbonyl (C=O) groups is 2. The highest BCUT2D eigenvalue weighted by atomic mass is 16.4. The van der Waals surface area contributed by atoms with E-state index in [9.17, 15) is 9.59 Å². The van der Waals surface area contributed by atoms with Crippen LogP contribution >= 0.6 is 0 Å². The molecule has 0 spiro atoms. The topological polar surface area (TPSA) is 90.8 Å². The molecule has 6 nitrogen and oxygen atoms in total. The van der Waals surface area contributed by atoms with E-state index in [-0.39, 0.29) is 11.5 Å². The number of carbonyl (C=O) groups excluding carboxylic acids is 1. The number of carboxylic acids is 1. The van der Waals surface area contributed by atoms with Gasteiger partial charge in [-0.25, -0.2) is 4.79 Å². The largest absolute Gasteiger partial charge is 0.478 e. The second kappa shape index (κ2) is 7.22. The third kappa shape index (κ3) is 4.67. The van der Waals surface area contributed by atoms with Gasteiger partial charge in [0.1, 0.15) is 0 Å². The first-order chi connectivity index (χ1) is 11.0. The fourth-order valence-corrected chi connectivity index (χ4v) is 1.93. The smallest absolute Gasteiger partial charge is 0.335 e. The van der Waals surface area contributed by atoms with Crippen LogP contribution in [0.25, 0.3) is 0 Å². The summed E-state index contributed by atoms with van der Waals surface area (Å²) in [6.07, 6.45) is 0. The Balaban J connectivity index is 2.10.